The fraction of sp³-hybridized carbons (Fsp3) is 0.238. The molecule has 2 aromatic carbocycles. The van der Waals surface area contributed by atoms with E-state index in [1.165, 1.54) is 5.56 Å². The molecule has 4 heteroatoms. The Kier molecular flexibility index (Phi) is 3.88. The lowest BCUT2D eigenvalue weighted by Gasteiger charge is -2.09. The number of rotatable bonds is 4. The second-order valence-corrected chi connectivity index (χ2v) is 6.48. The van der Waals surface area contributed by atoms with Crippen LogP contribution in [0.5, 0.6) is 5.75 Å². The van der Waals surface area contributed by atoms with Gasteiger partial charge in [0, 0.05) is 11.9 Å². The number of aryl methyl sites for hydroxylation is 2. The van der Waals surface area contributed by atoms with Crippen LogP contribution in [0.15, 0.2) is 48.5 Å². The molecule has 4 nitrogen and oxygen atoms in total. The maximum absolute atomic E-state index is 10.1. The smallest absolute Gasteiger partial charge is 0.159 e. The van der Waals surface area contributed by atoms with Crippen LogP contribution in [0.4, 0.5) is 0 Å². The van der Waals surface area contributed by atoms with Gasteiger partial charge >= 0.3 is 0 Å². The summed E-state index contributed by atoms with van der Waals surface area (Å²) in [6.07, 6.45) is 2.21. The number of hydrogen-bond acceptors (Lipinski definition) is 3. The number of benzene rings is 2. The van der Waals surface area contributed by atoms with Gasteiger partial charge < -0.3 is 9.67 Å². The normalized spacial score (nSPS) is 11.4. The summed E-state index contributed by atoms with van der Waals surface area (Å²) in [5, 5.41) is 11.1. The number of pyridine rings is 1. The Morgan fingerprint density at radius 1 is 1.04 bits per heavy atom. The van der Waals surface area contributed by atoms with Gasteiger partial charge in [0.05, 0.1) is 11.0 Å². The molecule has 0 aliphatic heterocycles. The molecule has 0 saturated heterocycles. The minimum Gasteiger partial charge on any atom is -0.506 e. The third kappa shape index (κ3) is 2.74. The number of aromatic hydroxyl groups is 1. The zero-order valence-corrected chi connectivity index (χ0v) is 14.5. The molecular weight excluding hydrogens is 310 g/mol. The van der Waals surface area contributed by atoms with Gasteiger partial charge in [-0.15, -0.1) is 0 Å². The summed E-state index contributed by atoms with van der Waals surface area (Å²) < 4.78 is 2.25. The Morgan fingerprint density at radius 2 is 1.92 bits per heavy atom. The summed E-state index contributed by atoms with van der Waals surface area (Å²) in [5.74, 6) is 1.06. The van der Waals surface area contributed by atoms with E-state index < -0.39 is 0 Å². The van der Waals surface area contributed by atoms with Crippen molar-refractivity contribution in [3.63, 3.8) is 0 Å². The van der Waals surface area contributed by atoms with E-state index in [9.17, 15) is 5.11 Å². The Balaban J connectivity index is 1.94. The molecule has 2 aromatic heterocycles. The summed E-state index contributed by atoms with van der Waals surface area (Å²) in [4.78, 5) is 9.53. The van der Waals surface area contributed by atoms with Crippen LogP contribution >= 0.6 is 0 Å². The van der Waals surface area contributed by atoms with Crippen molar-refractivity contribution in [3.05, 3.63) is 54.1 Å². The number of para-hydroxylation sites is 1. The van der Waals surface area contributed by atoms with Crippen LogP contribution in [0.1, 0.15) is 25.3 Å². The van der Waals surface area contributed by atoms with Gasteiger partial charge in [-0.2, -0.15) is 0 Å². The predicted molar refractivity (Wildman–Crippen MR) is 102 cm³/mol. The van der Waals surface area contributed by atoms with Crippen LogP contribution in [0, 0.1) is 6.92 Å². The van der Waals surface area contributed by atoms with Crippen molar-refractivity contribution >= 4 is 21.9 Å². The minimum absolute atomic E-state index is 0.200. The largest absolute Gasteiger partial charge is 0.506 e. The van der Waals surface area contributed by atoms with E-state index in [-0.39, 0.29) is 5.75 Å². The number of fused-ring (bicyclic) bond motifs is 2. The first-order valence-electron chi connectivity index (χ1n) is 8.73. The molecule has 0 bridgehead atoms. The zero-order valence-electron chi connectivity index (χ0n) is 14.5. The maximum Gasteiger partial charge on any atom is 0.159 e. The van der Waals surface area contributed by atoms with Crippen molar-refractivity contribution in [2.75, 3.05) is 0 Å². The lowest BCUT2D eigenvalue weighted by Crippen LogP contribution is -2.02. The summed E-state index contributed by atoms with van der Waals surface area (Å²) in [7, 11) is 0. The van der Waals surface area contributed by atoms with Gasteiger partial charge in [-0.05, 0) is 43.2 Å². The summed E-state index contributed by atoms with van der Waals surface area (Å²) in [6, 6.07) is 15.8. The van der Waals surface area contributed by atoms with Gasteiger partial charge in [0.25, 0.3) is 0 Å². The summed E-state index contributed by atoms with van der Waals surface area (Å²) in [6.45, 7) is 5.20. The molecule has 0 amide bonds. The molecule has 0 aliphatic rings. The molecule has 0 spiro atoms. The van der Waals surface area contributed by atoms with Crippen molar-refractivity contribution < 1.29 is 5.11 Å². The van der Waals surface area contributed by atoms with E-state index in [0.29, 0.717) is 5.52 Å². The monoisotopic (exact) mass is 331 g/mol. The number of hydrogen-bond donors (Lipinski definition) is 1. The SMILES string of the molecule is CCCCn1c(-c2ccc3cccc(O)c3n2)nc2ccc(C)cc21. The van der Waals surface area contributed by atoms with Gasteiger partial charge in [0.1, 0.15) is 17.0 Å². The molecule has 4 aromatic rings. The van der Waals surface area contributed by atoms with Crippen molar-refractivity contribution in [2.24, 2.45) is 0 Å². The Hall–Kier alpha value is -2.88. The van der Waals surface area contributed by atoms with Gasteiger partial charge in [-0.3, -0.25) is 0 Å². The number of phenols is 1. The lowest BCUT2D eigenvalue weighted by molar-refractivity contribution is 0.480. The first kappa shape index (κ1) is 15.6. The third-order valence-electron chi connectivity index (χ3n) is 4.57. The topological polar surface area (TPSA) is 50.9 Å². The van der Waals surface area contributed by atoms with Crippen LogP contribution in [-0.2, 0) is 6.54 Å². The number of aromatic nitrogens is 3. The van der Waals surface area contributed by atoms with Gasteiger partial charge in [0.2, 0.25) is 0 Å². The van der Waals surface area contributed by atoms with Gasteiger partial charge in [-0.25, -0.2) is 9.97 Å². The highest BCUT2D eigenvalue weighted by Crippen LogP contribution is 2.29. The van der Waals surface area contributed by atoms with E-state index in [1.54, 1.807) is 6.07 Å². The summed E-state index contributed by atoms with van der Waals surface area (Å²) >= 11 is 0. The second-order valence-electron chi connectivity index (χ2n) is 6.48. The van der Waals surface area contributed by atoms with Crippen LogP contribution < -0.4 is 0 Å². The lowest BCUT2D eigenvalue weighted by atomic mass is 10.2. The molecule has 25 heavy (non-hydrogen) atoms. The number of nitrogens with zero attached hydrogens (tertiary/aromatic N) is 3. The Bertz CT molecular complexity index is 1070. The van der Waals surface area contributed by atoms with E-state index in [0.717, 1.165) is 47.3 Å². The number of phenolic OH excluding ortho intramolecular Hbond substituents is 1. The number of unbranched alkanes of at least 4 members (excludes halogenated alkanes) is 1. The average Bonchev–Trinajstić information content (AvgIpc) is 2.98. The first-order chi connectivity index (χ1) is 12.2. The molecule has 0 fully saturated rings. The fourth-order valence-electron chi connectivity index (χ4n) is 3.23. The zero-order chi connectivity index (χ0) is 17.4. The van der Waals surface area contributed by atoms with E-state index in [4.69, 9.17) is 9.97 Å². The molecule has 0 radical (unpaired) electrons. The molecule has 0 unspecified atom stereocenters. The molecule has 0 atom stereocenters. The molecule has 4 rings (SSSR count). The first-order valence-corrected chi connectivity index (χ1v) is 8.73. The van der Waals surface area contributed by atoms with Crippen LogP contribution in [0.3, 0.4) is 0 Å². The molecule has 0 saturated carbocycles. The van der Waals surface area contributed by atoms with Crippen molar-refractivity contribution in [3.8, 4) is 17.3 Å². The molecule has 126 valence electrons. The highest BCUT2D eigenvalue weighted by molar-refractivity contribution is 5.87. The molecule has 2 heterocycles. The molecule has 1 N–H and O–H groups in total. The molecular formula is C21H21N3O. The summed E-state index contributed by atoms with van der Waals surface area (Å²) in [5.41, 5.74) is 4.75. The Labute approximate surface area is 146 Å². The standard InChI is InChI=1S/C21H21N3O/c1-3-4-12-24-18-13-14(2)8-10-16(18)23-21(24)17-11-9-15-6-5-7-19(25)20(15)22-17/h5-11,13,25H,3-4,12H2,1-2H3. The average molecular weight is 331 g/mol. The third-order valence-corrected chi connectivity index (χ3v) is 4.57. The maximum atomic E-state index is 10.1. The van der Waals surface area contributed by atoms with Crippen LogP contribution in [-0.4, -0.2) is 19.6 Å². The van der Waals surface area contributed by atoms with Gasteiger partial charge in [0.15, 0.2) is 5.82 Å². The Morgan fingerprint density at radius 3 is 2.76 bits per heavy atom. The van der Waals surface area contributed by atoms with Crippen LogP contribution in [0.25, 0.3) is 33.5 Å². The highest BCUT2D eigenvalue weighted by atomic mass is 16.3. The van der Waals surface area contributed by atoms with E-state index in [1.807, 2.05) is 24.3 Å². The van der Waals surface area contributed by atoms with Crippen molar-refractivity contribution in [1.29, 1.82) is 0 Å². The quantitative estimate of drug-likeness (QED) is 0.568. The predicted octanol–water partition coefficient (Wildman–Crippen LogP) is 5.07. The van der Waals surface area contributed by atoms with Gasteiger partial charge in [-0.1, -0.05) is 37.6 Å². The van der Waals surface area contributed by atoms with E-state index in [2.05, 4.69) is 36.6 Å². The minimum atomic E-state index is 0.200. The van der Waals surface area contributed by atoms with Crippen molar-refractivity contribution in [2.45, 2.75) is 33.2 Å². The fourth-order valence-corrected chi connectivity index (χ4v) is 3.23. The van der Waals surface area contributed by atoms with Crippen molar-refractivity contribution in [1.82, 2.24) is 14.5 Å². The van der Waals surface area contributed by atoms with E-state index >= 15 is 0 Å². The van der Waals surface area contributed by atoms with Crippen LogP contribution in [0.2, 0.25) is 0 Å². The molecule has 0 aliphatic carbocycles. The number of imidazole rings is 1. The second kappa shape index (κ2) is 6.20. The highest BCUT2D eigenvalue weighted by Gasteiger charge is 2.14.